The number of nitrogens with one attached hydrogen (secondary N) is 1. The first-order chi connectivity index (χ1) is 9.97. The zero-order chi connectivity index (χ0) is 15.4. The number of hydrogen-bond acceptors (Lipinski definition) is 3. The standard InChI is InChI=1S/C16H22N4O/c1-12-6-7-14(11-15(12)19(3)4)18-16(21)10-13(2)20-9-5-8-17-20/h5-9,11,13H,10H2,1-4H3,(H,18,21)/t13-/m1/s1. The van der Waals surface area contributed by atoms with Gasteiger partial charge in [-0.15, -0.1) is 0 Å². The van der Waals surface area contributed by atoms with Crippen LogP contribution in [0.15, 0.2) is 36.7 Å². The highest BCUT2D eigenvalue weighted by Gasteiger charge is 2.12. The molecule has 2 aromatic rings. The molecule has 1 heterocycles. The highest BCUT2D eigenvalue weighted by atomic mass is 16.1. The SMILES string of the molecule is Cc1ccc(NC(=O)C[C@@H](C)n2cccn2)cc1N(C)C. The fraction of sp³-hybridized carbons (Fsp3) is 0.375. The minimum atomic E-state index is -0.00782. The lowest BCUT2D eigenvalue weighted by molar-refractivity contribution is -0.116. The van der Waals surface area contributed by atoms with E-state index < -0.39 is 0 Å². The second-order valence-electron chi connectivity index (χ2n) is 5.48. The summed E-state index contributed by atoms with van der Waals surface area (Å²) < 4.78 is 1.79. The molecule has 2 rings (SSSR count). The summed E-state index contributed by atoms with van der Waals surface area (Å²) in [4.78, 5) is 14.2. The molecule has 0 unspecified atom stereocenters. The van der Waals surface area contributed by atoms with Gasteiger partial charge in [0, 0.05) is 44.3 Å². The summed E-state index contributed by atoms with van der Waals surface area (Å²) >= 11 is 0. The summed E-state index contributed by atoms with van der Waals surface area (Å²) in [5.74, 6) is -0.00782. The molecule has 0 bridgehead atoms. The van der Waals surface area contributed by atoms with Gasteiger partial charge >= 0.3 is 0 Å². The van der Waals surface area contributed by atoms with Gasteiger partial charge in [-0.1, -0.05) is 6.07 Å². The molecule has 0 fully saturated rings. The van der Waals surface area contributed by atoms with Gasteiger partial charge in [0.15, 0.2) is 0 Å². The predicted octanol–water partition coefficient (Wildman–Crippen LogP) is 2.85. The van der Waals surface area contributed by atoms with Gasteiger partial charge in [0.1, 0.15) is 0 Å². The number of amides is 1. The third-order valence-electron chi connectivity index (χ3n) is 3.43. The Kier molecular flexibility index (Phi) is 4.62. The first kappa shape index (κ1) is 15.1. The van der Waals surface area contributed by atoms with E-state index in [-0.39, 0.29) is 11.9 Å². The highest BCUT2D eigenvalue weighted by Crippen LogP contribution is 2.23. The zero-order valence-electron chi connectivity index (χ0n) is 13.0. The van der Waals surface area contributed by atoms with Gasteiger partial charge < -0.3 is 10.2 Å². The summed E-state index contributed by atoms with van der Waals surface area (Å²) in [6, 6.07) is 7.84. The molecule has 5 nitrogen and oxygen atoms in total. The Morgan fingerprint density at radius 2 is 2.19 bits per heavy atom. The van der Waals surface area contributed by atoms with Crippen molar-refractivity contribution in [2.75, 3.05) is 24.3 Å². The quantitative estimate of drug-likeness (QED) is 0.919. The van der Waals surface area contributed by atoms with Gasteiger partial charge in [-0.05, 0) is 37.6 Å². The Bertz CT molecular complexity index is 605. The molecule has 0 saturated heterocycles. The number of rotatable bonds is 5. The molecule has 1 N–H and O–H groups in total. The number of nitrogens with zero attached hydrogens (tertiary/aromatic N) is 3. The van der Waals surface area contributed by atoms with Crippen LogP contribution in [-0.2, 0) is 4.79 Å². The van der Waals surface area contributed by atoms with Crippen LogP contribution >= 0.6 is 0 Å². The average molecular weight is 286 g/mol. The van der Waals surface area contributed by atoms with E-state index in [2.05, 4.69) is 17.3 Å². The Hall–Kier alpha value is -2.30. The maximum Gasteiger partial charge on any atom is 0.226 e. The fourth-order valence-corrected chi connectivity index (χ4v) is 2.28. The van der Waals surface area contributed by atoms with Crippen molar-refractivity contribution >= 4 is 17.3 Å². The Morgan fingerprint density at radius 3 is 2.81 bits per heavy atom. The van der Waals surface area contributed by atoms with Gasteiger partial charge in [-0.2, -0.15) is 5.10 Å². The van der Waals surface area contributed by atoms with Crippen LogP contribution in [0.5, 0.6) is 0 Å². The van der Waals surface area contributed by atoms with E-state index in [4.69, 9.17) is 0 Å². The molecular formula is C16H22N4O. The maximum atomic E-state index is 12.1. The van der Waals surface area contributed by atoms with Crippen molar-refractivity contribution in [2.45, 2.75) is 26.3 Å². The van der Waals surface area contributed by atoms with E-state index in [0.717, 1.165) is 11.4 Å². The van der Waals surface area contributed by atoms with Crippen molar-refractivity contribution in [3.05, 3.63) is 42.2 Å². The van der Waals surface area contributed by atoms with Crippen LogP contribution in [0.4, 0.5) is 11.4 Å². The second-order valence-corrected chi connectivity index (χ2v) is 5.48. The van der Waals surface area contributed by atoms with E-state index in [0.29, 0.717) is 6.42 Å². The number of benzene rings is 1. The van der Waals surface area contributed by atoms with Crippen molar-refractivity contribution in [1.82, 2.24) is 9.78 Å². The topological polar surface area (TPSA) is 50.2 Å². The molecule has 0 aliphatic rings. The minimum absolute atomic E-state index is 0.00782. The highest BCUT2D eigenvalue weighted by molar-refractivity contribution is 5.91. The van der Waals surface area contributed by atoms with Gasteiger partial charge in [-0.25, -0.2) is 0 Å². The monoisotopic (exact) mass is 286 g/mol. The van der Waals surface area contributed by atoms with Crippen LogP contribution in [0.2, 0.25) is 0 Å². The van der Waals surface area contributed by atoms with Gasteiger partial charge in [0.2, 0.25) is 5.91 Å². The molecule has 0 saturated carbocycles. The molecule has 112 valence electrons. The van der Waals surface area contributed by atoms with Crippen molar-refractivity contribution in [3.8, 4) is 0 Å². The maximum absolute atomic E-state index is 12.1. The van der Waals surface area contributed by atoms with E-state index in [1.165, 1.54) is 5.56 Å². The predicted molar refractivity (Wildman–Crippen MR) is 85.7 cm³/mol. The first-order valence-corrected chi connectivity index (χ1v) is 7.04. The van der Waals surface area contributed by atoms with Crippen molar-refractivity contribution in [2.24, 2.45) is 0 Å². The molecule has 0 aliphatic heterocycles. The number of aromatic nitrogens is 2. The average Bonchev–Trinajstić information content (AvgIpc) is 2.94. The van der Waals surface area contributed by atoms with E-state index >= 15 is 0 Å². The summed E-state index contributed by atoms with van der Waals surface area (Å²) in [5.41, 5.74) is 3.11. The fourth-order valence-electron chi connectivity index (χ4n) is 2.28. The molecule has 1 atom stereocenters. The number of aryl methyl sites for hydroxylation is 1. The molecule has 1 amide bonds. The number of hydrogen-bond donors (Lipinski definition) is 1. The molecule has 21 heavy (non-hydrogen) atoms. The van der Waals surface area contributed by atoms with Crippen LogP contribution in [0, 0.1) is 6.92 Å². The van der Waals surface area contributed by atoms with Crippen LogP contribution in [0.25, 0.3) is 0 Å². The largest absolute Gasteiger partial charge is 0.377 e. The lowest BCUT2D eigenvalue weighted by Crippen LogP contribution is -2.18. The van der Waals surface area contributed by atoms with E-state index in [1.807, 2.05) is 56.4 Å². The normalized spacial score (nSPS) is 12.0. The zero-order valence-corrected chi connectivity index (χ0v) is 13.0. The van der Waals surface area contributed by atoms with Crippen LogP contribution in [0.3, 0.4) is 0 Å². The summed E-state index contributed by atoms with van der Waals surface area (Å²) in [5, 5.41) is 7.11. The summed E-state index contributed by atoms with van der Waals surface area (Å²) in [6.45, 7) is 4.04. The summed E-state index contributed by atoms with van der Waals surface area (Å²) in [7, 11) is 3.99. The number of anilines is 2. The second kappa shape index (κ2) is 6.43. The van der Waals surface area contributed by atoms with Crippen molar-refractivity contribution in [3.63, 3.8) is 0 Å². The van der Waals surface area contributed by atoms with Crippen molar-refractivity contribution < 1.29 is 4.79 Å². The minimum Gasteiger partial charge on any atom is -0.377 e. The molecular weight excluding hydrogens is 264 g/mol. The lowest BCUT2D eigenvalue weighted by atomic mass is 10.1. The number of carbonyl (C=O) groups excluding carboxylic acids is 1. The lowest BCUT2D eigenvalue weighted by Gasteiger charge is -2.17. The molecule has 1 aromatic heterocycles. The molecule has 5 heteroatoms. The molecule has 0 radical (unpaired) electrons. The molecule has 0 spiro atoms. The van der Waals surface area contributed by atoms with Gasteiger partial charge in [0.05, 0.1) is 6.04 Å². The van der Waals surface area contributed by atoms with Crippen LogP contribution in [0.1, 0.15) is 24.9 Å². The summed E-state index contributed by atoms with van der Waals surface area (Å²) in [6.07, 6.45) is 3.98. The van der Waals surface area contributed by atoms with Crippen molar-refractivity contribution in [1.29, 1.82) is 0 Å². The number of carbonyl (C=O) groups is 1. The van der Waals surface area contributed by atoms with Crippen LogP contribution in [-0.4, -0.2) is 29.8 Å². The van der Waals surface area contributed by atoms with Crippen LogP contribution < -0.4 is 10.2 Å². The smallest absolute Gasteiger partial charge is 0.226 e. The Labute approximate surface area is 125 Å². The third-order valence-corrected chi connectivity index (χ3v) is 3.43. The first-order valence-electron chi connectivity index (χ1n) is 7.04. The van der Waals surface area contributed by atoms with E-state index in [9.17, 15) is 4.79 Å². The Balaban J connectivity index is 2.01. The van der Waals surface area contributed by atoms with E-state index in [1.54, 1.807) is 10.9 Å². The molecule has 1 aromatic carbocycles. The third kappa shape index (κ3) is 3.84. The van der Waals surface area contributed by atoms with Gasteiger partial charge in [-0.3, -0.25) is 9.48 Å². The van der Waals surface area contributed by atoms with Gasteiger partial charge in [0.25, 0.3) is 0 Å². The molecule has 0 aliphatic carbocycles. The Morgan fingerprint density at radius 1 is 1.43 bits per heavy atom.